The summed E-state index contributed by atoms with van der Waals surface area (Å²) in [5, 5.41) is 0.917. The Morgan fingerprint density at radius 1 is 0.947 bits per heavy atom. The van der Waals surface area contributed by atoms with E-state index in [1.807, 2.05) is 0 Å². The molecule has 0 amide bonds. The lowest BCUT2D eigenvalue weighted by Gasteiger charge is -2.06. The van der Waals surface area contributed by atoms with Crippen LogP contribution < -0.4 is 0 Å². The normalized spacial score (nSPS) is 10.7. The number of hydrogen-bond donors (Lipinski definition) is 0. The molecule has 0 aromatic heterocycles. The number of hydrogen-bond acceptors (Lipinski definition) is 1. The highest BCUT2D eigenvalue weighted by atomic mass is 35.5. The largest absolute Gasteiger partial charge is 0.294 e. The maximum atomic E-state index is 12.1. The van der Waals surface area contributed by atoms with Crippen molar-refractivity contribution in [2.75, 3.05) is 0 Å². The second-order valence-electron chi connectivity index (χ2n) is 4.89. The Kier molecular flexibility index (Phi) is 8.16. The molecule has 0 aliphatic heterocycles. The van der Waals surface area contributed by atoms with Crippen molar-refractivity contribution in [2.24, 2.45) is 0 Å². The van der Waals surface area contributed by atoms with Crippen molar-refractivity contribution in [2.45, 2.75) is 58.3 Å². The minimum Gasteiger partial charge on any atom is -0.294 e. The van der Waals surface area contributed by atoms with Crippen LogP contribution in [0.4, 0.5) is 0 Å². The molecule has 0 atom stereocenters. The second-order valence-corrected chi connectivity index (χ2v) is 5.71. The monoisotopic (exact) mass is 300 g/mol. The van der Waals surface area contributed by atoms with Crippen molar-refractivity contribution in [3.63, 3.8) is 0 Å². The van der Waals surface area contributed by atoms with Crippen LogP contribution in [0.3, 0.4) is 0 Å². The molecule has 0 aliphatic carbocycles. The van der Waals surface area contributed by atoms with Crippen molar-refractivity contribution in [3.8, 4) is 0 Å². The topological polar surface area (TPSA) is 17.1 Å². The zero-order chi connectivity index (χ0) is 14.1. The van der Waals surface area contributed by atoms with Gasteiger partial charge in [0.1, 0.15) is 0 Å². The van der Waals surface area contributed by atoms with E-state index in [9.17, 15) is 4.79 Å². The molecule has 1 rings (SSSR count). The summed E-state index contributed by atoms with van der Waals surface area (Å²) in [6.07, 6.45) is 8.94. The van der Waals surface area contributed by atoms with E-state index in [4.69, 9.17) is 23.2 Å². The highest BCUT2D eigenvalue weighted by Crippen LogP contribution is 2.26. The molecule has 0 saturated heterocycles. The average molecular weight is 301 g/mol. The van der Waals surface area contributed by atoms with E-state index in [0.29, 0.717) is 22.0 Å². The van der Waals surface area contributed by atoms with Gasteiger partial charge in [0.05, 0.1) is 15.6 Å². The standard InChI is InChI=1S/C16H22Cl2O/c1-2-3-4-5-6-7-8-12-15(19)16-13(17)10-9-11-14(16)18/h9-11H,2-8,12H2,1H3. The third-order valence-corrected chi connectivity index (χ3v) is 3.88. The number of benzene rings is 1. The fourth-order valence-electron chi connectivity index (χ4n) is 2.13. The van der Waals surface area contributed by atoms with Gasteiger partial charge < -0.3 is 0 Å². The van der Waals surface area contributed by atoms with Crippen molar-refractivity contribution >= 4 is 29.0 Å². The van der Waals surface area contributed by atoms with Crippen molar-refractivity contribution in [3.05, 3.63) is 33.8 Å². The first-order valence-corrected chi connectivity index (χ1v) is 7.89. The van der Waals surface area contributed by atoms with Gasteiger partial charge in [0.15, 0.2) is 5.78 Å². The summed E-state index contributed by atoms with van der Waals surface area (Å²) in [6, 6.07) is 5.19. The molecule has 1 nitrogen and oxygen atoms in total. The molecule has 0 fully saturated rings. The minimum absolute atomic E-state index is 0.0594. The summed E-state index contributed by atoms with van der Waals surface area (Å²) in [5.74, 6) is 0.0594. The number of ketones is 1. The molecule has 0 unspecified atom stereocenters. The van der Waals surface area contributed by atoms with Gasteiger partial charge in [0.25, 0.3) is 0 Å². The van der Waals surface area contributed by atoms with Gasteiger partial charge in [0, 0.05) is 6.42 Å². The molecule has 0 N–H and O–H groups in total. The van der Waals surface area contributed by atoms with E-state index in [1.54, 1.807) is 18.2 Å². The van der Waals surface area contributed by atoms with Crippen LogP contribution in [0, 0.1) is 0 Å². The predicted molar refractivity (Wildman–Crippen MR) is 83.4 cm³/mol. The SMILES string of the molecule is CCCCCCCCCC(=O)c1c(Cl)cccc1Cl. The van der Waals surface area contributed by atoms with Gasteiger partial charge in [-0.2, -0.15) is 0 Å². The Balaban J connectivity index is 2.28. The van der Waals surface area contributed by atoms with E-state index in [1.165, 1.54) is 32.1 Å². The van der Waals surface area contributed by atoms with Crippen LogP contribution in [0.15, 0.2) is 18.2 Å². The lowest BCUT2D eigenvalue weighted by molar-refractivity contribution is 0.0979. The minimum atomic E-state index is 0.0594. The molecule has 1 aromatic carbocycles. The third-order valence-electron chi connectivity index (χ3n) is 3.25. The summed E-state index contributed by atoms with van der Waals surface area (Å²) in [5.41, 5.74) is 0.483. The summed E-state index contributed by atoms with van der Waals surface area (Å²) in [6.45, 7) is 2.21. The van der Waals surface area contributed by atoms with Crippen LogP contribution in [-0.2, 0) is 0 Å². The van der Waals surface area contributed by atoms with Gasteiger partial charge in [-0.3, -0.25) is 4.79 Å². The van der Waals surface area contributed by atoms with Crippen molar-refractivity contribution < 1.29 is 4.79 Å². The lowest BCUT2D eigenvalue weighted by atomic mass is 10.0. The Labute approximate surface area is 126 Å². The molecule has 0 heterocycles. The number of Topliss-reactive ketones (excluding diaryl/α,β-unsaturated/α-hetero) is 1. The van der Waals surface area contributed by atoms with Crippen LogP contribution in [0.5, 0.6) is 0 Å². The average Bonchev–Trinajstić information content (AvgIpc) is 2.37. The first kappa shape index (κ1) is 16.5. The first-order valence-electron chi connectivity index (χ1n) is 7.14. The van der Waals surface area contributed by atoms with Gasteiger partial charge in [-0.15, -0.1) is 0 Å². The van der Waals surface area contributed by atoms with E-state index < -0.39 is 0 Å². The molecule has 19 heavy (non-hydrogen) atoms. The zero-order valence-corrected chi connectivity index (χ0v) is 13.1. The number of carbonyl (C=O) groups excluding carboxylic acids is 1. The Bertz CT molecular complexity index is 381. The molecule has 3 heteroatoms. The zero-order valence-electron chi connectivity index (χ0n) is 11.6. The Hall–Kier alpha value is -0.530. The molecule has 0 bridgehead atoms. The van der Waals surface area contributed by atoms with Crippen LogP contribution in [0.25, 0.3) is 0 Å². The molecule has 0 aliphatic rings. The number of carbonyl (C=O) groups is 1. The number of unbranched alkanes of at least 4 members (excludes halogenated alkanes) is 6. The third kappa shape index (κ3) is 5.97. The van der Waals surface area contributed by atoms with E-state index >= 15 is 0 Å². The number of rotatable bonds is 9. The predicted octanol–water partition coefficient (Wildman–Crippen LogP) is 6.32. The smallest absolute Gasteiger partial charge is 0.165 e. The Morgan fingerprint density at radius 3 is 2.05 bits per heavy atom. The summed E-state index contributed by atoms with van der Waals surface area (Å²) in [7, 11) is 0. The highest BCUT2D eigenvalue weighted by molar-refractivity contribution is 6.39. The highest BCUT2D eigenvalue weighted by Gasteiger charge is 2.13. The maximum absolute atomic E-state index is 12.1. The molecule has 0 spiro atoms. The van der Waals surface area contributed by atoms with Gasteiger partial charge in [-0.25, -0.2) is 0 Å². The van der Waals surface area contributed by atoms with Crippen LogP contribution in [0.2, 0.25) is 10.0 Å². The van der Waals surface area contributed by atoms with Gasteiger partial charge in [0.2, 0.25) is 0 Å². The van der Waals surface area contributed by atoms with Crippen LogP contribution in [-0.4, -0.2) is 5.78 Å². The summed E-state index contributed by atoms with van der Waals surface area (Å²) >= 11 is 12.0. The summed E-state index contributed by atoms with van der Waals surface area (Å²) < 4.78 is 0. The molecule has 106 valence electrons. The van der Waals surface area contributed by atoms with Crippen molar-refractivity contribution in [1.29, 1.82) is 0 Å². The fraction of sp³-hybridized carbons (Fsp3) is 0.562. The maximum Gasteiger partial charge on any atom is 0.165 e. The van der Waals surface area contributed by atoms with Gasteiger partial charge in [-0.05, 0) is 18.6 Å². The fourth-order valence-corrected chi connectivity index (χ4v) is 2.74. The molecular formula is C16H22Cl2O. The van der Waals surface area contributed by atoms with Crippen LogP contribution >= 0.6 is 23.2 Å². The molecule has 1 aromatic rings. The number of halogens is 2. The quantitative estimate of drug-likeness (QED) is 0.385. The second kappa shape index (κ2) is 9.39. The molecular weight excluding hydrogens is 279 g/mol. The molecule has 0 saturated carbocycles. The van der Waals surface area contributed by atoms with Gasteiger partial charge >= 0.3 is 0 Å². The summed E-state index contributed by atoms with van der Waals surface area (Å²) in [4.78, 5) is 12.1. The van der Waals surface area contributed by atoms with E-state index in [0.717, 1.165) is 12.8 Å². The molecule has 0 radical (unpaired) electrons. The lowest BCUT2D eigenvalue weighted by Crippen LogP contribution is -2.01. The first-order chi connectivity index (χ1) is 9.16. The van der Waals surface area contributed by atoms with E-state index in [-0.39, 0.29) is 5.78 Å². The van der Waals surface area contributed by atoms with Gasteiger partial charge in [-0.1, -0.05) is 74.7 Å². The van der Waals surface area contributed by atoms with Crippen molar-refractivity contribution in [1.82, 2.24) is 0 Å². The van der Waals surface area contributed by atoms with Crippen LogP contribution in [0.1, 0.15) is 68.6 Å². The Morgan fingerprint density at radius 2 is 1.47 bits per heavy atom. The van der Waals surface area contributed by atoms with E-state index in [2.05, 4.69) is 6.92 Å².